The van der Waals surface area contributed by atoms with E-state index in [-0.39, 0.29) is 5.56 Å². The highest BCUT2D eigenvalue weighted by Gasteiger charge is 2.04. The van der Waals surface area contributed by atoms with Crippen molar-refractivity contribution in [2.75, 3.05) is 0 Å². The summed E-state index contributed by atoms with van der Waals surface area (Å²) in [5.74, 6) is -0.287. The number of nitrogens with zero attached hydrogens (tertiary/aromatic N) is 1. The highest BCUT2D eigenvalue weighted by Crippen LogP contribution is 2.26. The van der Waals surface area contributed by atoms with Gasteiger partial charge in [-0.25, -0.2) is 9.78 Å². The van der Waals surface area contributed by atoms with E-state index in [1.54, 1.807) is 12.1 Å². The number of benzene rings is 1. The zero-order valence-corrected chi connectivity index (χ0v) is 12.0. The maximum Gasteiger partial charge on any atom is 0.337 e. The van der Waals surface area contributed by atoms with E-state index in [9.17, 15) is 4.79 Å². The summed E-state index contributed by atoms with van der Waals surface area (Å²) >= 11 is 13.3. The van der Waals surface area contributed by atoms with E-state index < -0.39 is 5.97 Å². The number of hydrogen-bond acceptors (Lipinski definition) is 3. The van der Waals surface area contributed by atoms with E-state index in [2.05, 4.69) is 4.98 Å². The lowest BCUT2D eigenvalue weighted by atomic mass is 10.2. The average Bonchev–Trinajstić information content (AvgIpc) is 2.40. The third kappa shape index (κ3) is 3.86. The average molecular weight is 314 g/mol. The molecule has 0 unspecified atom stereocenters. The maximum atomic E-state index is 10.7. The zero-order chi connectivity index (χ0) is 13.8. The van der Waals surface area contributed by atoms with Gasteiger partial charge in [0.15, 0.2) is 0 Å². The first-order valence-electron chi connectivity index (χ1n) is 5.32. The number of rotatable bonds is 4. The molecule has 2 aromatic rings. The number of carboxylic acid groups (broad SMARTS) is 1. The second-order valence-corrected chi connectivity index (χ2v) is 5.54. The van der Waals surface area contributed by atoms with Crippen molar-refractivity contribution in [1.82, 2.24) is 4.98 Å². The smallest absolute Gasteiger partial charge is 0.337 e. The highest BCUT2D eigenvalue weighted by atomic mass is 35.5. The molecule has 19 heavy (non-hydrogen) atoms. The van der Waals surface area contributed by atoms with Gasteiger partial charge in [0.05, 0.1) is 20.6 Å². The molecule has 1 aromatic heterocycles. The van der Waals surface area contributed by atoms with Crippen molar-refractivity contribution in [3.8, 4) is 0 Å². The van der Waals surface area contributed by atoms with Crippen LogP contribution in [0.1, 0.15) is 15.9 Å². The van der Waals surface area contributed by atoms with E-state index in [4.69, 9.17) is 28.3 Å². The van der Waals surface area contributed by atoms with Crippen LogP contribution in [0.4, 0.5) is 0 Å². The highest BCUT2D eigenvalue weighted by molar-refractivity contribution is 7.98. The number of hydrogen-bond donors (Lipinski definition) is 1. The van der Waals surface area contributed by atoms with Crippen LogP contribution in [0.2, 0.25) is 10.0 Å². The number of thioether (sulfide) groups is 1. The van der Waals surface area contributed by atoms with Crippen LogP contribution in [0.3, 0.4) is 0 Å². The summed E-state index contributed by atoms with van der Waals surface area (Å²) in [5.41, 5.74) is 1.21. The van der Waals surface area contributed by atoms with Crippen LogP contribution in [-0.4, -0.2) is 16.1 Å². The molecule has 0 radical (unpaired) electrons. The Balaban J connectivity index is 2.01. The number of pyridine rings is 1. The molecule has 0 saturated carbocycles. The normalized spacial score (nSPS) is 10.4. The van der Waals surface area contributed by atoms with Crippen molar-refractivity contribution in [2.45, 2.75) is 10.8 Å². The lowest BCUT2D eigenvalue weighted by molar-refractivity contribution is 0.0696. The molecule has 1 heterocycles. The quantitative estimate of drug-likeness (QED) is 0.851. The molecule has 0 fully saturated rings. The van der Waals surface area contributed by atoms with Crippen molar-refractivity contribution < 1.29 is 9.90 Å². The molecule has 0 amide bonds. The number of aromatic carboxylic acids is 1. The van der Waals surface area contributed by atoms with Gasteiger partial charge in [-0.1, -0.05) is 29.3 Å². The van der Waals surface area contributed by atoms with Crippen molar-refractivity contribution >= 4 is 40.9 Å². The molecule has 0 saturated heterocycles. The molecule has 6 heteroatoms. The summed E-state index contributed by atoms with van der Waals surface area (Å²) in [5, 5.41) is 10.6. The van der Waals surface area contributed by atoms with E-state index >= 15 is 0 Å². The lowest BCUT2D eigenvalue weighted by Gasteiger charge is -2.03. The van der Waals surface area contributed by atoms with Crippen molar-refractivity contribution in [3.63, 3.8) is 0 Å². The topological polar surface area (TPSA) is 50.2 Å². The number of halogens is 2. The predicted molar refractivity (Wildman–Crippen MR) is 77.2 cm³/mol. The number of carbonyl (C=O) groups is 1. The van der Waals surface area contributed by atoms with Gasteiger partial charge in [0.1, 0.15) is 0 Å². The first-order valence-corrected chi connectivity index (χ1v) is 7.06. The molecule has 0 atom stereocenters. The van der Waals surface area contributed by atoms with E-state index in [1.165, 1.54) is 24.0 Å². The van der Waals surface area contributed by atoms with Crippen LogP contribution in [0, 0.1) is 0 Å². The first-order chi connectivity index (χ1) is 9.06. The minimum absolute atomic E-state index is 0.180. The fourth-order valence-electron chi connectivity index (χ4n) is 1.38. The molecular formula is C13H9Cl2NO2S. The first kappa shape index (κ1) is 14.2. The number of aromatic nitrogens is 1. The third-order valence-electron chi connectivity index (χ3n) is 2.35. The Morgan fingerprint density at radius 1 is 1.21 bits per heavy atom. The zero-order valence-electron chi connectivity index (χ0n) is 9.64. The predicted octanol–water partition coefficient (Wildman–Crippen LogP) is 4.38. The van der Waals surface area contributed by atoms with Crippen molar-refractivity contribution in [2.24, 2.45) is 0 Å². The molecule has 0 bridgehead atoms. The molecule has 0 aliphatic heterocycles. The minimum atomic E-state index is -0.978. The van der Waals surface area contributed by atoms with Crippen LogP contribution in [-0.2, 0) is 5.75 Å². The molecule has 3 nitrogen and oxygen atoms in total. The monoisotopic (exact) mass is 313 g/mol. The Kier molecular flexibility index (Phi) is 4.69. The maximum absolute atomic E-state index is 10.7. The Labute approximate surface area is 124 Å². The Morgan fingerprint density at radius 2 is 2.00 bits per heavy atom. The molecule has 98 valence electrons. The van der Waals surface area contributed by atoms with Gasteiger partial charge in [-0.2, -0.15) is 0 Å². The Hall–Kier alpha value is -1.23. The second kappa shape index (κ2) is 6.28. The molecular weight excluding hydrogens is 305 g/mol. The SMILES string of the molecule is O=C(O)c1ccc(SCc2ccc(Cl)c(Cl)c2)nc1. The molecule has 0 spiro atoms. The summed E-state index contributed by atoms with van der Waals surface area (Å²) in [6, 6.07) is 8.67. The lowest BCUT2D eigenvalue weighted by Crippen LogP contribution is -1.96. The Morgan fingerprint density at radius 3 is 2.58 bits per heavy atom. The van der Waals surface area contributed by atoms with Gasteiger partial charge in [-0.3, -0.25) is 0 Å². The molecule has 2 rings (SSSR count). The van der Waals surface area contributed by atoms with Gasteiger partial charge in [0, 0.05) is 11.9 Å². The standard InChI is InChI=1S/C13H9Cl2NO2S/c14-10-3-1-8(5-11(10)15)7-19-12-4-2-9(6-16-12)13(17)18/h1-6H,7H2,(H,17,18). The van der Waals surface area contributed by atoms with Crippen LogP contribution in [0.5, 0.6) is 0 Å². The van der Waals surface area contributed by atoms with Gasteiger partial charge < -0.3 is 5.11 Å². The third-order valence-corrected chi connectivity index (χ3v) is 4.11. The van der Waals surface area contributed by atoms with Crippen LogP contribution < -0.4 is 0 Å². The van der Waals surface area contributed by atoms with Crippen LogP contribution in [0.15, 0.2) is 41.6 Å². The van der Waals surface area contributed by atoms with E-state index in [0.717, 1.165) is 10.6 Å². The summed E-state index contributed by atoms with van der Waals surface area (Å²) in [6.45, 7) is 0. The number of carboxylic acids is 1. The largest absolute Gasteiger partial charge is 0.478 e. The van der Waals surface area contributed by atoms with Gasteiger partial charge >= 0.3 is 5.97 Å². The Bertz CT molecular complexity index is 602. The summed E-state index contributed by atoms with van der Waals surface area (Å²) in [6.07, 6.45) is 1.35. The van der Waals surface area contributed by atoms with Crippen molar-refractivity contribution in [3.05, 3.63) is 57.7 Å². The van der Waals surface area contributed by atoms with E-state index in [0.29, 0.717) is 15.8 Å². The molecule has 1 aromatic carbocycles. The van der Waals surface area contributed by atoms with Gasteiger partial charge in [0.25, 0.3) is 0 Å². The van der Waals surface area contributed by atoms with Gasteiger partial charge in [-0.05, 0) is 29.8 Å². The second-order valence-electron chi connectivity index (χ2n) is 3.73. The van der Waals surface area contributed by atoms with Crippen LogP contribution >= 0.6 is 35.0 Å². The molecule has 0 aliphatic rings. The van der Waals surface area contributed by atoms with Crippen LogP contribution in [0.25, 0.3) is 0 Å². The van der Waals surface area contributed by atoms with E-state index in [1.807, 2.05) is 12.1 Å². The van der Waals surface area contributed by atoms with Gasteiger partial charge in [-0.15, -0.1) is 11.8 Å². The molecule has 1 N–H and O–H groups in total. The summed E-state index contributed by atoms with van der Waals surface area (Å²) in [7, 11) is 0. The molecule has 0 aliphatic carbocycles. The fourth-order valence-corrected chi connectivity index (χ4v) is 2.49. The summed E-state index contributed by atoms with van der Waals surface area (Å²) in [4.78, 5) is 14.8. The fraction of sp³-hybridized carbons (Fsp3) is 0.0769. The minimum Gasteiger partial charge on any atom is -0.478 e. The summed E-state index contributed by atoms with van der Waals surface area (Å²) < 4.78 is 0. The van der Waals surface area contributed by atoms with Crippen molar-refractivity contribution in [1.29, 1.82) is 0 Å². The van der Waals surface area contributed by atoms with Gasteiger partial charge in [0.2, 0.25) is 0 Å².